The van der Waals surface area contributed by atoms with E-state index in [1.54, 1.807) is 6.20 Å². The van der Waals surface area contributed by atoms with Crippen LogP contribution in [0.25, 0.3) is 0 Å². The third-order valence-electron chi connectivity index (χ3n) is 4.98. The molecule has 3 aromatic rings. The molecule has 0 bridgehead atoms. The summed E-state index contributed by atoms with van der Waals surface area (Å²) in [5.41, 5.74) is 3.01. The van der Waals surface area contributed by atoms with Crippen molar-refractivity contribution in [3.63, 3.8) is 0 Å². The maximum atomic E-state index is 13.1. The molecule has 0 N–H and O–H groups in total. The van der Waals surface area contributed by atoms with Crippen molar-refractivity contribution in [2.45, 2.75) is 44.3 Å². The lowest BCUT2D eigenvalue weighted by Gasteiger charge is -2.20. The molecule has 1 heterocycles. The summed E-state index contributed by atoms with van der Waals surface area (Å²) < 4.78 is 28.1. The maximum absolute atomic E-state index is 13.1. The number of nitrogens with zero attached hydrogens (tertiary/aromatic N) is 3. The molecular formula is C24H31N3O2S. The Balaban J connectivity index is 1.77. The summed E-state index contributed by atoms with van der Waals surface area (Å²) in [5.74, 6) is 0.282. The van der Waals surface area contributed by atoms with Gasteiger partial charge in [0.15, 0.2) is 0 Å². The number of sulfone groups is 1. The van der Waals surface area contributed by atoms with Crippen LogP contribution in [0.5, 0.6) is 0 Å². The molecule has 0 aliphatic carbocycles. The Kier molecular flexibility index (Phi) is 7.45. The number of likely N-dealkylation sites (N-methyl/N-ethyl adjacent to an activating group) is 1. The van der Waals surface area contributed by atoms with E-state index in [9.17, 15) is 8.42 Å². The molecule has 2 aromatic carbocycles. The van der Waals surface area contributed by atoms with E-state index in [1.165, 1.54) is 5.56 Å². The Labute approximate surface area is 180 Å². The van der Waals surface area contributed by atoms with E-state index in [-0.39, 0.29) is 10.9 Å². The van der Waals surface area contributed by atoms with Gasteiger partial charge in [-0.25, -0.2) is 13.4 Å². The Bertz CT molecular complexity index is 1030. The molecule has 0 radical (unpaired) electrons. The number of rotatable bonds is 10. The SMILES string of the molecule is CC(C)Cn1c(CN(C)CCc2ccccc2)cnc1S(=O)(=O)Cc1ccccc1. The van der Waals surface area contributed by atoms with Crippen LogP contribution in [0, 0.1) is 5.92 Å². The number of hydrogen-bond acceptors (Lipinski definition) is 4. The Morgan fingerprint density at radius 2 is 1.57 bits per heavy atom. The van der Waals surface area contributed by atoms with Gasteiger partial charge in [-0.2, -0.15) is 0 Å². The molecule has 0 fully saturated rings. The lowest BCUT2D eigenvalue weighted by Crippen LogP contribution is -2.24. The second-order valence-corrected chi connectivity index (χ2v) is 10.1. The van der Waals surface area contributed by atoms with Crippen LogP contribution < -0.4 is 0 Å². The first kappa shape index (κ1) is 22.2. The van der Waals surface area contributed by atoms with Crippen LogP contribution in [0.3, 0.4) is 0 Å². The molecule has 6 heteroatoms. The van der Waals surface area contributed by atoms with Crippen molar-refractivity contribution >= 4 is 9.84 Å². The van der Waals surface area contributed by atoms with Gasteiger partial charge < -0.3 is 9.47 Å². The predicted molar refractivity (Wildman–Crippen MR) is 121 cm³/mol. The van der Waals surface area contributed by atoms with Crippen LogP contribution in [0.2, 0.25) is 0 Å². The van der Waals surface area contributed by atoms with Gasteiger partial charge >= 0.3 is 0 Å². The highest BCUT2D eigenvalue weighted by Gasteiger charge is 2.24. The number of aromatic nitrogens is 2. The van der Waals surface area contributed by atoms with E-state index in [1.807, 2.05) is 41.0 Å². The van der Waals surface area contributed by atoms with Crippen LogP contribution in [0.15, 0.2) is 72.0 Å². The fourth-order valence-electron chi connectivity index (χ4n) is 3.51. The van der Waals surface area contributed by atoms with Gasteiger partial charge in [-0.15, -0.1) is 0 Å². The molecule has 160 valence electrons. The molecule has 0 saturated carbocycles. The summed E-state index contributed by atoms with van der Waals surface area (Å²) in [5, 5.41) is 0.173. The molecule has 30 heavy (non-hydrogen) atoms. The highest BCUT2D eigenvalue weighted by Crippen LogP contribution is 2.20. The first-order valence-corrected chi connectivity index (χ1v) is 12.0. The van der Waals surface area contributed by atoms with Crippen molar-refractivity contribution in [1.29, 1.82) is 0 Å². The topological polar surface area (TPSA) is 55.2 Å². The van der Waals surface area contributed by atoms with Crippen molar-refractivity contribution in [2.24, 2.45) is 5.92 Å². The minimum atomic E-state index is -3.53. The van der Waals surface area contributed by atoms with Gasteiger partial charge in [0.2, 0.25) is 15.0 Å². The molecule has 0 unspecified atom stereocenters. The van der Waals surface area contributed by atoms with Crippen LogP contribution in [0.1, 0.15) is 30.7 Å². The summed E-state index contributed by atoms with van der Waals surface area (Å²) in [6.07, 6.45) is 2.67. The van der Waals surface area contributed by atoms with Crippen molar-refractivity contribution < 1.29 is 8.42 Å². The molecule has 0 amide bonds. The third-order valence-corrected chi connectivity index (χ3v) is 6.58. The first-order valence-electron chi connectivity index (χ1n) is 10.4. The van der Waals surface area contributed by atoms with Crippen LogP contribution >= 0.6 is 0 Å². The standard InChI is InChI=1S/C24H31N3O2S/c1-20(2)17-27-23(18-26(3)15-14-21-10-6-4-7-11-21)16-25-24(27)30(28,29)19-22-12-8-5-9-13-22/h4-13,16,20H,14-15,17-19H2,1-3H3. The second-order valence-electron chi connectivity index (χ2n) is 8.25. The van der Waals surface area contributed by atoms with Crippen molar-refractivity contribution in [3.05, 3.63) is 83.7 Å². The van der Waals surface area contributed by atoms with E-state index in [2.05, 4.69) is 55.0 Å². The zero-order valence-corrected chi connectivity index (χ0v) is 18.8. The molecule has 0 spiro atoms. The molecule has 0 aliphatic rings. The summed E-state index contributed by atoms with van der Waals surface area (Å²) in [7, 11) is -1.46. The molecule has 1 aromatic heterocycles. The summed E-state index contributed by atoms with van der Waals surface area (Å²) in [6.45, 7) is 6.37. The number of imidazole rings is 1. The van der Waals surface area contributed by atoms with Crippen LogP contribution in [-0.2, 0) is 35.1 Å². The quantitative estimate of drug-likeness (QED) is 0.489. The highest BCUT2D eigenvalue weighted by molar-refractivity contribution is 7.90. The Hall–Kier alpha value is -2.44. The van der Waals surface area contributed by atoms with Crippen molar-refractivity contribution in [1.82, 2.24) is 14.5 Å². The average Bonchev–Trinajstić information content (AvgIpc) is 3.10. The fraction of sp³-hybridized carbons (Fsp3) is 0.375. The van der Waals surface area contributed by atoms with Gasteiger partial charge in [-0.05, 0) is 30.5 Å². The van der Waals surface area contributed by atoms with E-state index in [4.69, 9.17) is 0 Å². The third kappa shape index (κ3) is 6.03. The molecule has 0 aliphatic heterocycles. The smallest absolute Gasteiger partial charge is 0.228 e. The van der Waals surface area contributed by atoms with Gasteiger partial charge in [-0.3, -0.25) is 0 Å². The second kappa shape index (κ2) is 10.0. The van der Waals surface area contributed by atoms with Crippen LogP contribution in [0.4, 0.5) is 0 Å². The van der Waals surface area contributed by atoms with Gasteiger partial charge in [-0.1, -0.05) is 74.5 Å². The molecule has 5 nitrogen and oxygen atoms in total. The summed E-state index contributed by atoms with van der Waals surface area (Å²) in [4.78, 5) is 6.57. The average molecular weight is 426 g/mol. The summed E-state index contributed by atoms with van der Waals surface area (Å²) in [6, 6.07) is 19.7. The molecule has 3 rings (SSSR count). The van der Waals surface area contributed by atoms with E-state index in [0.29, 0.717) is 19.0 Å². The largest absolute Gasteiger partial charge is 0.317 e. The number of hydrogen-bond donors (Lipinski definition) is 0. The van der Waals surface area contributed by atoms with Crippen molar-refractivity contribution in [3.8, 4) is 0 Å². The van der Waals surface area contributed by atoms with Gasteiger partial charge in [0.05, 0.1) is 17.6 Å². The Morgan fingerprint density at radius 1 is 0.967 bits per heavy atom. The van der Waals surface area contributed by atoms with Gasteiger partial charge in [0.25, 0.3) is 0 Å². The highest BCUT2D eigenvalue weighted by atomic mass is 32.2. The molecule has 0 atom stereocenters. The fourth-order valence-corrected chi connectivity index (χ4v) is 5.01. The first-order chi connectivity index (χ1) is 14.3. The van der Waals surface area contributed by atoms with Crippen LogP contribution in [-0.4, -0.2) is 36.5 Å². The minimum absolute atomic E-state index is 0.0355. The predicted octanol–water partition coefficient (Wildman–Crippen LogP) is 4.19. The normalized spacial score (nSPS) is 12.0. The molecule has 0 saturated heterocycles. The maximum Gasteiger partial charge on any atom is 0.228 e. The summed E-state index contributed by atoms with van der Waals surface area (Å²) >= 11 is 0. The lowest BCUT2D eigenvalue weighted by molar-refractivity contribution is 0.315. The minimum Gasteiger partial charge on any atom is -0.317 e. The van der Waals surface area contributed by atoms with E-state index >= 15 is 0 Å². The zero-order valence-electron chi connectivity index (χ0n) is 18.0. The monoisotopic (exact) mass is 425 g/mol. The van der Waals surface area contributed by atoms with E-state index in [0.717, 1.165) is 24.2 Å². The van der Waals surface area contributed by atoms with Crippen molar-refractivity contribution in [2.75, 3.05) is 13.6 Å². The zero-order chi connectivity index (χ0) is 21.6. The van der Waals surface area contributed by atoms with E-state index < -0.39 is 9.84 Å². The Morgan fingerprint density at radius 3 is 2.17 bits per heavy atom. The van der Waals surface area contributed by atoms with Gasteiger partial charge in [0.1, 0.15) is 0 Å². The lowest BCUT2D eigenvalue weighted by atomic mass is 10.1. The number of benzene rings is 2. The van der Waals surface area contributed by atoms with Gasteiger partial charge in [0, 0.05) is 19.6 Å². The molecular weight excluding hydrogens is 394 g/mol.